The third-order valence-electron chi connectivity index (χ3n) is 4.03. The molecule has 1 heterocycles. The molecular weight excluding hydrogens is 146 g/mol. The van der Waals surface area contributed by atoms with Crippen molar-refractivity contribution in [1.29, 1.82) is 0 Å². The summed E-state index contributed by atoms with van der Waals surface area (Å²) in [6.07, 6.45) is 7.30. The van der Waals surface area contributed by atoms with E-state index in [0.29, 0.717) is 5.41 Å². The first-order valence-corrected chi connectivity index (χ1v) is 5.44. The van der Waals surface area contributed by atoms with Crippen molar-refractivity contribution in [3.05, 3.63) is 0 Å². The number of fused-ring (bicyclic) bond motifs is 1. The predicted octanol–water partition coefficient (Wildman–Crippen LogP) is 2.56. The summed E-state index contributed by atoms with van der Waals surface area (Å²) in [5.41, 5.74) is 0.644. The zero-order valence-corrected chi connectivity index (χ0v) is 8.40. The Hall–Kier alpha value is -0.0400. The molecule has 0 spiro atoms. The maximum atomic E-state index is 3.62. The summed E-state index contributed by atoms with van der Waals surface area (Å²) in [5, 5.41) is 3.62. The summed E-state index contributed by atoms with van der Waals surface area (Å²) in [6.45, 7) is 6.07. The monoisotopic (exact) mass is 167 g/mol. The average molecular weight is 167 g/mol. The molecule has 1 saturated heterocycles. The van der Waals surface area contributed by atoms with Gasteiger partial charge >= 0.3 is 0 Å². The van der Waals surface area contributed by atoms with Crippen LogP contribution in [0.25, 0.3) is 0 Å². The quantitative estimate of drug-likeness (QED) is 0.584. The van der Waals surface area contributed by atoms with E-state index < -0.39 is 0 Å². The Morgan fingerprint density at radius 2 is 2.17 bits per heavy atom. The lowest BCUT2D eigenvalue weighted by Gasteiger charge is -2.47. The Morgan fingerprint density at radius 3 is 3.00 bits per heavy atom. The molecule has 12 heavy (non-hydrogen) atoms. The zero-order valence-electron chi connectivity index (χ0n) is 8.40. The van der Waals surface area contributed by atoms with Crippen LogP contribution < -0.4 is 5.32 Å². The van der Waals surface area contributed by atoms with E-state index in [-0.39, 0.29) is 0 Å². The third kappa shape index (κ3) is 1.39. The van der Waals surface area contributed by atoms with Crippen molar-refractivity contribution < 1.29 is 0 Å². The lowest BCUT2D eigenvalue weighted by Crippen LogP contribution is -2.50. The maximum Gasteiger partial charge on any atom is 0.00418 e. The van der Waals surface area contributed by atoms with Crippen LogP contribution in [0.5, 0.6) is 0 Å². The minimum Gasteiger partial charge on any atom is -0.314 e. The molecule has 1 N–H and O–H groups in total. The average Bonchev–Trinajstić information content (AvgIpc) is 2.06. The fourth-order valence-electron chi connectivity index (χ4n) is 3.02. The molecule has 2 rings (SSSR count). The van der Waals surface area contributed by atoms with Crippen LogP contribution in [-0.2, 0) is 0 Å². The van der Waals surface area contributed by atoms with Crippen LogP contribution >= 0.6 is 0 Å². The van der Waals surface area contributed by atoms with Gasteiger partial charge in [-0.15, -0.1) is 0 Å². The normalized spacial score (nSPS) is 48.5. The van der Waals surface area contributed by atoms with E-state index in [1.807, 2.05) is 0 Å². The van der Waals surface area contributed by atoms with Crippen molar-refractivity contribution in [2.45, 2.75) is 52.0 Å². The Kier molecular flexibility index (Phi) is 2.16. The second kappa shape index (κ2) is 3.02. The van der Waals surface area contributed by atoms with Crippen LogP contribution in [0.3, 0.4) is 0 Å². The highest BCUT2D eigenvalue weighted by Crippen LogP contribution is 2.44. The number of hydrogen-bond acceptors (Lipinski definition) is 1. The molecule has 70 valence electrons. The van der Waals surface area contributed by atoms with Crippen LogP contribution in [0.4, 0.5) is 0 Å². The van der Waals surface area contributed by atoms with Gasteiger partial charge in [-0.3, -0.25) is 0 Å². The molecule has 1 nitrogen and oxygen atoms in total. The molecule has 2 aliphatic rings. The summed E-state index contributed by atoms with van der Waals surface area (Å²) in [7, 11) is 0. The molecule has 3 atom stereocenters. The summed E-state index contributed by atoms with van der Waals surface area (Å²) >= 11 is 0. The van der Waals surface area contributed by atoms with Crippen LogP contribution in [0.1, 0.15) is 46.0 Å². The molecule has 2 fully saturated rings. The van der Waals surface area contributed by atoms with Crippen molar-refractivity contribution in [2.75, 3.05) is 6.54 Å². The molecule has 0 amide bonds. The number of hydrogen-bond donors (Lipinski definition) is 1. The van der Waals surface area contributed by atoms with Gasteiger partial charge in [-0.2, -0.15) is 0 Å². The molecule has 0 aromatic carbocycles. The van der Waals surface area contributed by atoms with E-state index in [1.54, 1.807) is 0 Å². The fourth-order valence-corrected chi connectivity index (χ4v) is 3.02. The van der Waals surface area contributed by atoms with E-state index in [2.05, 4.69) is 19.2 Å². The first kappa shape index (κ1) is 8.55. The number of nitrogens with one attached hydrogen (secondary N) is 1. The van der Waals surface area contributed by atoms with Crippen LogP contribution in [0, 0.1) is 11.3 Å². The summed E-state index contributed by atoms with van der Waals surface area (Å²) in [6, 6.07) is 0.765. The van der Waals surface area contributed by atoms with Gasteiger partial charge in [0.15, 0.2) is 0 Å². The Bertz CT molecular complexity index is 166. The van der Waals surface area contributed by atoms with E-state index in [0.717, 1.165) is 12.0 Å². The topological polar surface area (TPSA) is 12.0 Å². The van der Waals surface area contributed by atoms with Gasteiger partial charge in [-0.25, -0.2) is 0 Å². The van der Waals surface area contributed by atoms with Gasteiger partial charge in [-0.1, -0.05) is 19.8 Å². The number of rotatable bonds is 0. The predicted molar refractivity (Wildman–Crippen MR) is 52.1 cm³/mol. The van der Waals surface area contributed by atoms with E-state index in [1.165, 1.54) is 38.6 Å². The zero-order chi connectivity index (χ0) is 8.60. The Morgan fingerprint density at radius 1 is 1.33 bits per heavy atom. The second-order valence-electron chi connectivity index (χ2n) is 5.11. The van der Waals surface area contributed by atoms with Crippen molar-refractivity contribution >= 4 is 0 Å². The van der Waals surface area contributed by atoms with Crippen molar-refractivity contribution in [2.24, 2.45) is 11.3 Å². The van der Waals surface area contributed by atoms with E-state index in [4.69, 9.17) is 0 Å². The molecule has 0 aromatic heterocycles. The molecule has 0 radical (unpaired) electrons. The van der Waals surface area contributed by atoms with Gasteiger partial charge in [-0.05, 0) is 37.5 Å². The molecule has 1 heteroatoms. The first-order chi connectivity index (χ1) is 5.71. The van der Waals surface area contributed by atoms with Gasteiger partial charge in [0.05, 0.1) is 0 Å². The van der Waals surface area contributed by atoms with Crippen molar-refractivity contribution in [3.63, 3.8) is 0 Å². The molecule has 1 unspecified atom stereocenters. The maximum absolute atomic E-state index is 3.62. The minimum atomic E-state index is 0.644. The van der Waals surface area contributed by atoms with Crippen LogP contribution in [-0.4, -0.2) is 12.6 Å². The highest BCUT2D eigenvalue weighted by molar-refractivity contribution is 4.93. The van der Waals surface area contributed by atoms with Gasteiger partial charge in [0.2, 0.25) is 0 Å². The standard InChI is InChI=1S/C11H21N/c1-9-7-10-5-3-4-6-11(10,2)8-12-9/h9-10,12H,3-8H2,1-2H3/t9?,10-,11+/m1/s1. The largest absolute Gasteiger partial charge is 0.314 e. The Balaban J connectivity index is 2.06. The fraction of sp³-hybridized carbons (Fsp3) is 1.00. The highest BCUT2D eigenvalue weighted by atomic mass is 14.9. The van der Waals surface area contributed by atoms with Crippen molar-refractivity contribution in [1.82, 2.24) is 5.32 Å². The highest BCUT2D eigenvalue weighted by Gasteiger charge is 2.39. The van der Waals surface area contributed by atoms with Gasteiger partial charge < -0.3 is 5.32 Å². The second-order valence-corrected chi connectivity index (χ2v) is 5.11. The van der Waals surface area contributed by atoms with Crippen molar-refractivity contribution in [3.8, 4) is 0 Å². The van der Waals surface area contributed by atoms with Crippen LogP contribution in [0.15, 0.2) is 0 Å². The molecular formula is C11H21N. The minimum absolute atomic E-state index is 0.644. The van der Waals surface area contributed by atoms with Crippen LogP contribution in [0.2, 0.25) is 0 Å². The molecule has 0 aromatic rings. The smallest absolute Gasteiger partial charge is 0.00418 e. The van der Waals surface area contributed by atoms with Gasteiger partial charge in [0, 0.05) is 12.6 Å². The summed E-state index contributed by atoms with van der Waals surface area (Å²) in [5.74, 6) is 1.02. The van der Waals surface area contributed by atoms with Gasteiger partial charge in [0.25, 0.3) is 0 Å². The molecule has 1 saturated carbocycles. The van der Waals surface area contributed by atoms with Gasteiger partial charge in [0.1, 0.15) is 0 Å². The molecule has 1 aliphatic carbocycles. The molecule has 1 aliphatic heterocycles. The molecule has 0 bridgehead atoms. The first-order valence-electron chi connectivity index (χ1n) is 5.44. The number of piperidine rings is 1. The Labute approximate surface area is 75.9 Å². The lowest BCUT2D eigenvalue weighted by atomic mass is 9.63. The lowest BCUT2D eigenvalue weighted by molar-refractivity contribution is 0.0621. The van der Waals surface area contributed by atoms with E-state index >= 15 is 0 Å². The summed E-state index contributed by atoms with van der Waals surface area (Å²) in [4.78, 5) is 0. The third-order valence-corrected chi connectivity index (χ3v) is 4.03. The SMILES string of the molecule is CC1C[C@H]2CCCC[C@@]2(C)CN1. The summed E-state index contributed by atoms with van der Waals surface area (Å²) < 4.78 is 0. The van der Waals surface area contributed by atoms with E-state index in [9.17, 15) is 0 Å².